The Morgan fingerprint density at radius 2 is 2.14 bits per heavy atom. The molecule has 1 aliphatic rings. The average Bonchev–Trinajstić information content (AvgIpc) is 3.07. The van der Waals surface area contributed by atoms with Crippen molar-refractivity contribution in [3.8, 4) is 0 Å². The molecule has 3 heterocycles. The summed E-state index contributed by atoms with van der Waals surface area (Å²) in [5.74, 6) is 1.62. The van der Waals surface area contributed by atoms with Crippen LogP contribution in [0.1, 0.15) is 41.3 Å². The molecule has 6 heteroatoms. The van der Waals surface area contributed by atoms with E-state index in [9.17, 15) is 4.79 Å². The number of aromatic nitrogens is 2. The van der Waals surface area contributed by atoms with E-state index in [1.54, 1.807) is 12.1 Å². The molecule has 0 radical (unpaired) electrons. The van der Waals surface area contributed by atoms with Crippen LogP contribution in [0, 0.1) is 6.92 Å². The first-order valence-corrected chi connectivity index (χ1v) is 7.63. The number of rotatable bonds is 4. The lowest BCUT2D eigenvalue weighted by atomic mass is 10.1. The topological polar surface area (TPSA) is 71.3 Å². The predicted molar refractivity (Wildman–Crippen MR) is 82.7 cm³/mol. The quantitative estimate of drug-likeness (QED) is 0.938. The van der Waals surface area contributed by atoms with Crippen LogP contribution >= 0.6 is 0 Å². The molecule has 2 aromatic heterocycles. The molecule has 0 saturated carbocycles. The molecule has 22 heavy (non-hydrogen) atoms. The molecular weight excluding hydrogens is 280 g/mol. The number of nitrogens with one attached hydrogen (secondary N) is 1. The molecule has 1 fully saturated rings. The van der Waals surface area contributed by atoms with Crippen LogP contribution in [-0.4, -0.2) is 29.0 Å². The Kier molecular flexibility index (Phi) is 4.37. The molecule has 0 spiro atoms. The highest BCUT2D eigenvalue weighted by Gasteiger charge is 2.14. The van der Waals surface area contributed by atoms with Crippen molar-refractivity contribution in [2.75, 3.05) is 18.0 Å². The Hall–Kier alpha value is -2.37. The van der Waals surface area contributed by atoms with E-state index < -0.39 is 0 Å². The Labute approximate surface area is 129 Å². The summed E-state index contributed by atoms with van der Waals surface area (Å²) < 4.78 is 5.07. The van der Waals surface area contributed by atoms with Crippen LogP contribution in [0.4, 0.5) is 5.82 Å². The van der Waals surface area contributed by atoms with Gasteiger partial charge in [0.1, 0.15) is 11.6 Å². The van der Waals surface area contributed by atoms with Gasteiger partial charge in [0.15, 0.2) is 5.76 Å². The minimum atomic E-state index is -0.255. The van der Waals surface area contributed by atoms with Crippen molar-refractivity contribution < 1.29 is 9.21 Å². The summed E-state index contributed by atoms with van der Waals surface area (Å²) >= 11 is 0. The monoisotopic (exact) mass is 300 g/mol. The first-order chi connectivity index (χ1) is 10.7. The Bertz CT molecular complexity index is 634. The van der Waals surface area contributed by atoms with E-state index in [0.29, 0.717) is 18.1 Å². The standard InChI is InChI=1S/C16H20N4O2/c1-12-10-15(20-7-3-2-4-8-20)19-14(18-12)11-17-16(21)13-6-5-9-22-13/h5-6,9-10H,2-4,7-8,11H2,1H3,(H,17,21). The second-order valence-corrected chi connectivity index (χ2v) is 5.49. The van der Waals surface area contributed by atoms with Crippen molar-refractivity contribution in [1.82, 2.24) is 15.3 Å². The molecular formula is C16H20N4O2. The van der Waals surface area contributed by atoms with Gasteiger partial charge in [0, 0.05) is 24.8 Å². The van der Waals surface area contributed by atoms with E-state index in [4.69, 9.17) is 4.42 Å². The van der Waals surface area contributed by atoms with Gasteiger partial charge in [-0.2, -0.15) is 0 Å². The van der Waals surface area contributed by atoms with E-state index >= 15 is 0 Å². The SMILES string of the molecule is Cc1cc(N2CCCCC2)nc(CNC(=O)c2ccco2)n1. The van der Waals surface area contributed by atoms with Gasteiger partial charge in [-0.25, -0.2) is 9.97 Å². The molecule has 0 unspecified atom stereocenters. The Morgan fingerprint density at radius 3 is 2.86 bits per heavy atom. The number of piperidine rings is 1. The van der Waals surface area contributed by atoms with Crippen LogP contribution in [0.5, 0.6) is 0 Å². The summed E-state index contributed by atoms with van der Waals surface area (Å²) in [6, 6.07) is 5.32. The van der Waals surface area contributed by atoms with Gasteiger partial charge >= 0.3 is 0 Å². The lowest BCUT2D eigenvalue weighted by molar-refractivity contribution is 0.0922. The molecule has 1 saturated heterocycles. The largest absolute Gasteiger partial charge is 0.459 e. The second kappa shape index (κ2) is 6.60. The predicted octanol–water partition coefficient (Wildman–Crippen LogP) is 2.30. The van der Waals surface area contributed by atoms with Gasteiger partial charge in [0.05, 0.1) is 12.8 Å². The maximum absolute atomic E-state index is 11.9. The molecule has 0 aromatic carbocycles. The minimum Gasteiger partial charge on any atom is -0.459 e. The van der Waals surface area contributed by atoms with Gasteiger partial charge in [-0.3, -0.25) is 4.79 Å². The zero-order valence-corrected chi connectivity index (χ0v) is 12.7. The number of amides is 1. The van der Waals surface area contributed by atoms with Gasteiger partial charge < -0.3 is 14.6 Å². The third-order valence-electron chi connectivity index (χ3n) is 3.72. The number of hydrogen-bond donors (Lipinski definition) is 1. The number of anilines is 1. The number of hydrogen-bond acceptors (Lipinski definition) is 5. The van der Waals surface area contributed by atoms with Crippen molar-refractivity contribution in [1.29, 1.82) is 0 Å². The molecule has 0 atom stereocenters. The lowest BCUT2D eigenvalue weighted by Gasteiger charge is -2.28. The fourth-order valence-corrected chi connectivity index (χ4v) is 2.63. The van der Waals surface area contributed by atoms with Crippen LogP contribution in [0.3, 0.4) is 0 Å². The highest BCUT2D eigenvalue weighted by molar-refractivity contribution is 5.91. The Balaban J connectivity index is 1.68. The molecule has 116 valence electrons. The number of nitrogens with zero attached hydrogens (tertiary/aromatic N) is 3. The minimum absolute atomic E-state index is 0.255. The number of furan rings is 1. The van der Waals surface area contributed by atoms with Crippen LogP contribution in [0.15, 0.2) is 28.9 Å². The van der Waals surface area contributed by atoms with E-state index in [0.717, 1.165) is 24.6 Å². The third-order valence-corrected chi connectivity index (χ3v) is 3.72. The summed E-state index contributed by atoms with van der Waals surface area (Å²) in [6.45, 7) is 4.32. The number of carbonyl (C=O) groups excluding carboxylic acids is 1. The normalized spacial score (nSPS) is 14.9. The van der Waals surface area contributed by atoms with Crippen molar-refractivity contribution >= 4 is 11.7 Å². The zero-order chi connectivity index (χ0) is 15.4. The van der Waals surface area contributed by atoms with E-state index in [2.05, 4.69) is 20.2 Å². The van der Waals surface area contributed by atoms with Crippen molar-refractivity contribution in [3.63, 3.8) is 0 Å². The van der Waals surface area contributed by atoms with E-state index in [1.807, 2.05) is 13.0 Å². The first kappa shape index (κ1) is 14.6. The van der Waals surface area contributed by atoms with E-state index in [-0.39, 0.29) is 5.91 Å². The molecule has 1 amide bonds. The molecule has 1 aliphatic heterocycles. The van der Waals surface area contributed by atoms with Crippen molar-refractivity contribution in [3.05, 3.63) is 41.7 Å². The molecule has 6 nitrogen and oxygen atoms in total. The van der Waals surface area contributed by atoms with Gasteiger partial charge in [-0.15, -0.1) is 0 Å². The summed E-state index contributed by atoms with van der Waals surface area (Å²) in [4.78, 5) is 23.1. The third kappa shape index (κ3) is 3.44. The summed E-state index contributed by atoms with van der Waals surface area (Å²) in [6.07, 6.45) is 5.17. The maximum Gasteiger partial charge on any atom is 0.287 e. The van der Waals surface area contributed by atoms with Crippen molar-refractivity contribution in [2.45, 2.75) is 32.7 Å². The van der Waals surface area contributed by atoms with Crippen LogP contribution in [-0.2, 0) is 6.54 Å². The fourth-order valence-electron chi connectivity index (χ4n) is 2.63. The van der Waals surface area contributed by atoms with Crippen LogP contribution in [0.25, 0.3) is 0 Å². The van der Waals surface area contributed by atoms with Crippen LogP contribution in [0.2, 0.25) is 0 Å². The second-order valence-electron chi connectivity index (χ2n) is 5.49. The maximum atomic E-state index is 11.9. The Morgan fingerprint density at radius 1 is 1.32 bits per heavy atom. The van der Waals surface area contributed by atoms with E-state index in [1.165, 1.54) is 25.5 Å². The van der Waals surface area contributed by atoms with Crippen molar-refractivity contribution in [2.24, 2.45) is 0 Å². The van der Waals surface area contributed by atoms with Gasteiger partial charge in [0.25, 0.3) is 5.91 Å². The smallest absolute Gasteiger partial charge is 0.287 e. The zero-order valence-electron chi connectivity index (χ0n) is 12.7. The number of carbonyl (C=O) groups is 1. The first-order valence-electron chi connectivity index (χ1n) is 7.63. The highest BCUT2D eigenvalue weighted by Crippen LogP contribution is 2.18. The lowest BCUT2D eigenvalue weighted by Crippen LogP contribution is -2.31. The molecule has 0 bridgehead atoms. The number of aryl methyl sites for hydroxylation is 1. The summed E-state index contributed by atoms with van der Waals surface area (Å²) in [5, 5.41) is 2.78. The summed E-state index contributed by atoms with van der Waals surface area (Å²) in [7, 11) is 0. The van der Waals surface area contributed by atoms with Crippen LogP contribution < -0.4 is 10.2 Å². The molecule has 0 aliphatic carbocycles. The fraction of sp³-hybridized carbons (Fsp3) is 0.438. The summed E-state index contributed by atoms with van der Waals surface area (Å²) in [5.41, 5.74) is 0.915. The average molecular weight is 300 g/mol. The van der Waals surface area contributed by atoms with Gasteiger partial charge in [-0.05, 0) is 38.3 Å². The molecule has 2 aromatic rings. The van der Waals surface area contributed by atoms with Gasteiger partial charge in [-0.1, -0.05) is 0 Å². The molecule has 3 rings (SSSR count). The molecule has 1 N–H and O–H groups in total. The van der Waals surface area contributed by atoms with Gasteiger partial charge in [0.2, 0.25) is 0 Å². The highest BCUT2D eigenvalue weighted by atomic mass is 16.3.